The molecule has 1 heterocycles. The summed E-state index contributed by atoms with van der Waals surface area (Å²) in [6, 6.07) is 7.56. The normalized spacial score (nSPS) is 16.3. The molecular formula is C23H24F6N2O3S. The van der Waals surface area contributed by atoms with E-state index in [0.29, 0.717) is 37.7 Å². The summed E-state index contributed by atoms with van der Waals surface area (Å²) in [5.74, 6) is -0.845. The zero-order valence-corrected chi connectivity index (χ0v) is 19.7. The second-order valence-corrected chi connectivity index (χ2v) is 11.3. The highest BCUT2D eigenvalue weighted by molar-refractivity contribution is 7.93. The van der Waals surface area contributed by atoms with E-state index in [1.165, 1.54) is 12.1 Å². The highest BCUT2D eigenvalue weighted by Crippen LogP contribution is 2.34. The number of anilines is 1. The van der Waals surface area contributed by atoms with Crippen molar-refractivity contribution < 1.29 is 39.6 Å². The number of hydrogen-bond donors (Lipinski definition) is 1. The van der Waals surface area contributed by atoms with Gasteiger partial charge in [-0.25, -0.2) is 8.42 Å². The van der Waals surface area contributed by atoms with Crippen molar-refractivity contribution >= 4 is 21.4 Å². The lowest BCUT2D eigenvalue weighted by molar-refractivity contribution is -0.138. The van der Waals surface area contributed by atoms with Crippen LogP contribution in [-0.4, -0.2) is 38.2 Å². The molecule has 5 nitrogen and oxygen atoms in total. The van der Waals surface area contributed by atoms with E-state index >= 15 is 0 Å². The van der Waals surface area contributed by atoms with Crippen LogP contribution in [0.25, 0.3) is 0 Å². The second kappa shape index (κ2) is 9.36. The Morgan fingerprint density at radius 2 is 1.43 bits per heavy atom. The molecule has 1 fully saturated rings. The van der Waals surface area contributed by atoms with Crippen LogP contribution in [0.2, 0.25) is 0 Å². The van der Waals surface area contributed by atoms with E-state index in [9.17, 15) is 39.6 Å². The molecule has 0 aliphatic carbocycles. The van der Waals surface area contributed by atoms with Gasteiger partial charge < -0.3 is 10.2 Å². The van der Waals surface area contributed by atoms with Gasteiger partial charge >= 0.3 is 12.4 Å². The molecule has 0 bridgehead atoms. The number of carbonyl (C=O) groups excluding carboxylic acids is 1. The zero-order valence-electron chi connectivity index (χ0n) is 18.9. The smallest absolute Gasteiger partial charge is 0.371 e. The van der Waals surface area contributed by atoms with Crippen LogP contribution in [0.4, 0.5) is 32.0 Å². The van der Waals surface area contributed by atoms with Gasteiger partial charge in [0.2, 0.25) is 5.91 Å². The topological polar surface area (TPSA) is 66.5 Å². The van der Waals surface area contributed by atoms with Crippen LogP contribution >= 0.6 is 0 Å². The van der Waals surface area contributed by atoms with E-state index in [2.05, 4.69) is 5.32 Å². The van der Waals surface area contributed by atoms with Gasteiger partial charge in [0.15, 0.2) is 9.84 Å². The standard InChI is InChI=1S/C23H24F6N2O3S/c1-21(2,35(33,34)19-5-3-4-16(14-19)23(27,28)29)20(32)30-17-10-12-31(13-11-17)18-8-6-15(7-9-18)22(24,25)26/h3-9,14,17H,10-13H2,1-2H3,(H,30,32). The largest absolute Gasteiger partial charge is 0.416 e. The summed E-state index contributed by atoms with van der Waals surface area (Å²) >= 11 is 0. The summed E-state index contributed by atoms with van der Waals surface area (Å²) in [5, 5.41) is 2.67. The Balaban J connectivity index is 1.66. The van der Waals surface area contributed by atoms with Crippen molar-refractivity contribution in [3.8, 4) is 0 Å². The van der Waals surface area contributed by atoms with E-state index in [0.717, 1.165) is 44.2 Å². The van der Waals surface area contributed by atoms with Crippen LogP contribution < -0.4 is 10.2 Å². The Hall–Kier alpha value is -2.76. The average Bonchev–Trinajstić information content (AvgIpc) is 2.78. The van der Waals surface area contributed by atoms with E-state index in [1.54, 1.807) is 0 Å². The van der Waals surface area contributed by atoms with Crippen LogP contribution in [0, 0.1) is 0 Å². The molecular weight excluding hydrogens is 498 g/mol. The molecule has 0 atom stereocenters. The highest BCUT2D eigenvalue weighted by atomic mass is 32.2. The molecule has 0 spiro atoms. The Morgan fingerprint density at radius 1 is 0.886 bits per heavy atom. The van der Waals surface area contributed by atoms with Gasteiger partial charge in [0.05, 0.1) is 16.0 Å². The van der Waals surface area contributed by atoms with E-state index < -0.39 is 54.9 Å². The van der Waals surface area contributed by atoms with Crippen molar-refractivity contribution in [2.24, 2.45) is 0 Å². The van der Waals surface area contributed by atoms with E-state index in [4.69, 9.17) is 0 Å². The minimum atomic E-state index is -4.74. The third-order valence-corrected chi connectivity index (χ3v) is 8.48. The number of piperidine rings is 1. The molecule has 35 heavy (non-hydrogen) atoms. The lowest BCUT2D eigenvalue weighted by atomic mass is 10.0. The van der Waals surface area contributed by atoms with Gasteiger partial charge in [0.25, 0.3) is 0 Å². The molecule has 12 heteroatoms. The summed E-state index contributed by atoms with van der Waals surface area (Å²) < 4.78 is 101. The SMILES string of the molecule is CC(C)(C(=O)NC1CCN(c2ccc(C(F)(F)F)cc2)CC1)S(=O)(=O)c1cccc(C(F)(F)F)c1. The van der Waals surface area contributed by atoms with Gasteiger partial charge in [-0.1, -0.05) is 6.07 Å². The predicted octanol–water partition coefficient (Wildman–Crippen LogP) is 5.06. The zero-order chi connectivity index (χ0) is 26.2. The van der Waals surface area contributed by atoms with Crippen molar-refractivity contribution in [3.05, 3.63) is 59.7 Å². The van der Waals surface area contributed by atoms with Crippen LogP contribution in [-0.2, 0) is 27.0 Å². The van der Waals surface area contributed by atoms with Crippen LogP contribution in [0.15, 0.2) is 53.4 Å². The fourth-order valence-electron chi connectivity index (χ4n) is 3.76. The Kier molecular flexibility index (Phi) is 7.18. The maximum atomic E-state index is 13.0. The molecule has 0 unspecified atom stereocenters. The quantitative estimate of drug-likeness (QED) is 0.558. The lowest BCUT2D eigenvalue weighted by Crippen LogP contribution is -2.53. The third-order valence-electron chi connectivity index (χ3n) is 6.08. The number of nitrogens with zero attached hydrogens (tertiary/aromatic N) is 1. The number of amides is 1. The van der Waals surface area contributed by atoms with Crippen LogP contribution in [0.5, 0.6) is 0 Å². The van der Waals surface area contributed by atoms with Crippen molar-refractivity contribution in [2.45, 2.75) is 54.7 Å². The van der Waals surface area contributed by atoms with Crippen LogP contribution in [0.1, 0.15) is 37.8 Å². The van der Waals surface area contributed by atoms with Crippen molar-refractivity contribution in [1.82, 2.24) is 5.32 Å². The predicted molar refractivity (Wildman–Crippen MR) is 118 cm³/mol. The third kappa shape index (κ3) is 5.74. The number of carbonyl (C=O) groups is 1. The molecule has 1 aliphatic rings. The maximum Gasteiger partial charge on any atom is 0.416 e. The first kappa shape index (κ1) is 26.8. The minimum absolute atomic E-state index is 0.399. The number of benzene rings is 2. The summed E-state index contributed by atoms with van der Waals surface area (Å²) in [5.41, 5.74) is -1.30. The molecule has 1 amide bonds. The summed E-state index contributed by atoms with van der Waals surface area (Å²) in [6.07, 6.45) is -8.35. The van der Waals surface area contributed by atoms with Crippen molar-refractivity contribution in [2.75, 3.05) is 18.0 Å². The number of hydrogen-bond acceptors (Lipinski definition) is 4. The maximum absolute atomic E-state index is 13.0. The lowest BCUT2D eigenvalue weighted by Gasteiger charge is -2.35. The van der Waals surface area contributed by atoms with E-state index in [-0.39, 0.29) is 0 Å². The van der Waals surface area contributed by atoms with E-state index in [1.807, 2.05) is 4.90 Å². The molecule has 0 radical (unpaired) electrons. The highest BCUT2D eigenvalue weighted by Gasteiger charge is 2.44. The van der Waals surface area contributed by atoms with Gasteiger partial charge in [0.1, 0.15) is 4.75 Å². The summed E-state index contributed by atoms with van der Waals surface area (Å²) in [7, 11) is -4.46. The first-order chi connectivity index (χ1) is 16.0. The van der Waals surface area contributed by atoms with Gasteiger partial charge in [-0.15, -0.1) is 0 Å². The molecule has 0 aromatic heterocycles. The van der Waals surface area contributed by atoms with Crippen molar-refractivity contribution in [3.63, 3.8) is 0 Å². The number of rotatable bonds is 5. The molecule has 0 saturated carbocycles. The molecule has 192 valence electrons. The minimum Gasteiger partial charge on any atom is -0.371 e. The average molecular weight is 523 g/mol. The molecule has 2 aromatic rings. The molecule has 1 aliphatic heterocycles. The number of sulfone groups is 1. The Labute approximate surface area is 199 Å². The van der Waals surface area contributed by atoms with Gasteiger partial charge in [-0.3, -0.25) is 4.79 Å². The second-order valence-electron chi connectivity index (χ2n) is 8.82. The number of halogens is 6. The number of alkyl halides is 6. The fourth-order valence-corrected chi connectivity index (χ4v) is 5.19. The molecule has 1 N–H and O–H groups in total. The molecule has 2 aromatic carbocycles. The van der Waals surface area contributed by atoms with Gasteiger partial charge in [0, 0.05) is 24.8 Å². The van der Waals surface area contributed by atoms with Crippen LogP contribution in [0.3, 0.4) is 0 Å². The Morgan fingerprint density at radius 3 is 1.94 bits per heavy atom. The van der Waals surface area contributed by atoms with Gasteiger partial charge in [-0.05, 0) is 69.2 Å². The summed E-state index contributed by atoms with van der Waals surface area (Å²) in [4.78, 5) is 14.1. The monoisotopic (exact) mass is 522 g/mol. The van der Waals surface area contributed by atoms with Gasteiger partial charge in [-0.2, -0.15) is 26.3 Å². The number of nitrogens with one attached hydrogen (secondary N) is 1. The van der Waals surface area contributed by atoms with Crippen molar-refractivity contribution in [1.29, 1.82) is 0 Å². The fraction of sp³-hybridized carbons (Fsp3) is 0.435. The first-order valence-electron chi connectivity index (χ1n) is 10.7. The Bertz CT molecular complexity index is 1170. The molecule has 1 saturated heterocycles. The first-order valence-corrected chi connectivity index (χ1v) is 12.2. The molecule has 3 rings (SSSR count). The summed E-state index contributed by atoms with van der Waals surface area (Å²) in [6.45, 7) is 3.10.